The van der Waals surface area contributed by atoms with Crippen LogP contribution >= 0.6 is 11.3 Å². The number of para-hydroxylation sites is 1. The van der Waals surface area contributed by atoms with E-state index in [1.165, 1.54) is 9.75 Å². The number of thiophene rings is 1. The number of carbonyl (C=O) groups is 1. The van der Waals surface area contributed by atoms with E-state index in [0.717, 1.165) is 24.3 Å². The van der Waals surface area contributed by atoms with Gasteiger partial charge < -0.3 is 9.67 Å². The molecule has 3 rings (SSSR count). The van der Waals surface area contributed by atoms with Crippen molar-refractivity contribution in [2.24, 2.45) is 0 Å². The van der Waals surface area contributed by atoms with Crippen molar-refractivity contribution in [3.05, 3.63) is 51.5 Å². The summed E-state index contributed by atoms with van der Waals surface area (Å²) in [6.45, 7) is 4.79. The van der Waals surface area contributed by atoms with E-state index in [1.54, 1.807) is 23.5 Å². The number of fused-ring (bicyclic) bond motifs is 1. The second-order valence-corrected chi connectivity index (χ2v) is 6.20. The number of hydrogen-bond donors (Lipinski definition) is 1. The lowest BCUT2D eigenvalue weighted by Crippen LogP contribution is -2.01. The van der Waals surface area contributed by atoms with Gasteiger partial charge in [-0.3, -0.25) is 0 Å². The predicted molar refractivity (Wildman–Crippen MR) is 84.2 cm³/mol. The van der Waals surface area contributed by atoms with Crippen LogP contribution in [0.1, 0.15) is 32.9 Å². The number of hydrogen-bond acceptors (Lipinski definition) is 3. The standard InChI is InChI=1S/C16H16N2O2S/c1-3-11-7-8-12(21-11)9-18-10(2)17-15-13(16(19)20)5-4-6-14(15)18/h4-8H,3,9H2,1-2H3,(H,19,20). The van der Waals surface area contributed by atoms with Gasteiger partial charge in [-0.1, -0.05) is 13.0 Å². The molecule has 0 atom stereocenters. The van der Waals surface area contributed by atoms with Gasteiger partial charge in [-0.25, -0.2) is 9.78 Å². The molecule has 0 bridgehead atoms. The second kappa shape index (κ2) is 5.33. The van der Waals surface area contributed by atoms with Gasteiger partial charge in [0.05, 0.1) is 17.6 Å². The SMILES string of the molecule is CCc1ccc(Cn2c(C)nc3c(C(=O)O)cccc32)s1. The summed E-state index contributed by atoms with van der Waals surface area (Å²) in [6, 6.07) is 9.58. The molecule has 0 spiro atoms. The zero-order valence-electron chi connectivity index (χ0n) is 12.0. The number of aryl methyl sites for hydroxylation is 2. The maximum atomic E-state index is 11.3. The Bertz CT molecular complexity index is 817. The fraction of sp³-hybridized carbons (Fsp3) is 0.250. The largest absolute Gasteiger partial charge is 0.478 e. The Morgan fingerprint density at radius 1 is 1.29 bits per heavy atom. The highest BCUT2D eigenvalue weighted by atomic mass is 32.1. The van der Waals surface area contributed by atoms with E-state index in [2.05, 4.69) is 28.6 Å². The summed E-state index contributed by atoms with van der Waals surface area (Å²) < 4.78 is 2.08. The molecule has 2 heterocycles. The fourth-order valence-electron chi connectivity index (χ4n) is 2.49. The van der Waals surface area contributed by atoms with E-state index >= 15 is 0 Å². The molecule has 1 N–H and O–H groups in total. The van der Waals surface area contributed by atoms with Crippen molar-refractivity contribution in [1.29, 1.82) is 0 Å². The molecule has 0 unspecified atom stereocenters. The van der Waals surface area contributed by atoms with Crippen molar-refractivity contribution in [2.75, 3.05) is 0 Å². The minimum absolute atomic E-state index is 0.259. The van der Waals surface area contributed by atoms with Crippen LogP contribution in [0.2, 0.25) is 0 Å². The first-order chi connectivity index (χ1) is 10.1. The Balaban J connectivity index is 2.08. The van der Waals surface area contributed by atoms with E-state index in [-0.39, 0.29) is 5.56 Å². The molecular weight excluding hydrogens is 284 g/mol. The molecule has 0 aliphatic heterocycles. The van der Waals surface area contributed by atoms with Gasteiger partial charge in [0.15, 0.2) is 0 Å². The first-order valence-corrected chi connectivity index (χ1v) is 7.68. The van der Waals surface area contributed by atoms with Crippen LogP contribution in [0.15, 0.2) is 30.3 Å². The molecule has 4 nitrogen and oxygen atoms in total. The molecule has 108 valence electrons. The molecule has 0 fully saturated rings. The number of imidazole rings is 1. The van der Waals surface area contributed by atoms with Crippen molar-refractivity contribution in [1.82, 2.24) is 9.55 Å². The number of carboxylic acid groups (broad SMARTS) is 1. The van der Waals surface area contributed by atoms with E-state index in [1.807, 2.05) is 13.0 Å². The third-order valence-electron chi connectivity index (χ3n) is 3.58. The molecule has 0 saturated heterocycles. The monoisotopic (exact) mass is 300 g/mol. The average molecular weight is 300 g/mol. The van der Waals surface area contributed by atoms with Crippen molar-refractivity contribution < 1.29 is 9.90 Å². The number of benzene rings is 1. The van der Waals surface area contributed by atoms with Gasteiger partial charge in [-0.15, -0.1) is 11.3 Å². The lowest BCUT2D eigenvalue weighted by Gasteiger charge is -2.05. The van der Waals surface area contributed by atoms with Crippen molar-refractivity contribution >= 4 is 28.3 Å². The maximum Gasteiger partial charge on any atom is 0.337 e. The molecule has 21 heavy (non-hydrogen) atoms. The predicted octanol–water partition coefficient (Wildman–Crippen LogP) is 3.72. The Morgan fingerprint density at radius 3 is 2.71 bits per heavy atom. The van der Waals surface area contributed by atoms with Gasteiger partial charge in [0.2, 0.25) is 0 Å². The molecule has 2 aromatic heterocycles. The lowest BCUT2D eigenvalue weighted by molar-refractivity contribution is 0.0699. The topological polar surface area (TPSA) is 55.1 Å². The van der Waals surface area contributed by atoms with Crippen LogP contribution in [0.25, 0.3) is 11.0 Å². The van der Waals surface area contributed by atoms with Crippen LogP contribution in [0.4, 0.5) is 0 Å². The van der Waals surface area contributed by atoms with Gasteiger partial charge in [0, 0.05) is 9.75 Å². The van der Waals surface area contributed by atoms with Gasteiger partial charge in [0.1, 0.15) is 11.3 Å². The van der Waals surface area contributed by atoms with E-state index in [9.17, 15) is 9.90 Å². The summed E-state index contributed by atoms with van der Waals surface area (Å²) in [7, 11) is 0. The second-order valence-electron chi connectivity index (χ2n) is 4.95. The highest BCUT2D eigenvalue weighted by Crippen LogP contribution is 2.24. The average Bonchev–Trinajstić information content (AvgIpc) is 3.04. The van der Waals surface area contributed by atoms with Gasteiger partial charge >= 0.3 is 5.97 Å². The number of aromatic nitrogens is 2. The summed E-state index contributed by atoms with van der Waals surface area (Å²) in [6.07, 6.45) is 1.04. The van der Waals surface area contributed by atoms with Crippen molar-refractivity contribution in [3.8, 4) is 0 Å². The third-order valence-corrected chi connectivity index (χ3v) is 4.79. The Labute approximate surface area is 126 Å². The van der Waals surface area contributed by atoms with Gasteiger partial charge in [-0.05, 0) is 37.6 Å². The minimum Gasteiger partial charge on any atom is -0.478 e. The van der Waals surface area contributed by atoms with Crippen molar-refractivity contribution in [3.63, 3.8) is 0 Å². The molecule has 0 aliphatic rings. The molecular formula is C16H16N2O2S. The normalized spacial score (nSPS) is 11.1. The summed E-state index contributed by atoms with van der Waals surface area (Å²) in [5.74, 6) is -0.0974. The summed E-state index contributed by atoms with van der Waals surface area (Å²) in [5.41, 5.74) is 1.70. The summed E-state index contributed by atoms with van der Waals surface area (Å²) in [5, 5.41) is 9.26. The van der Waals surface area contributed by atoms with Crippen LogP contribution < -0.4 is 0 Å². The Hall–Kier alpha value is -2.14. The van der Waals surface area contributed by atoms with Crippen LogP contribution in [-0.4, -0.2) is 20.6 Å². The first-order valence-electron chi connectivity index (χ1n) is 6.87. The first kappa shape index (κ1) is 13.8. The lowest BCUT2D eigenvalue weighted by atomic mass is 10.2. The molecule has 0 radical (unpaired) electrons. The minimum atomic E-state index is -0.936. The third kappa shape index (κ3) is 2.45. The fourth-order valence-corrected chi connectivity index (χ4v) is 3.44. The van der Waals surface area contributed by atoms with E-state index in [0.29, 0.717) is 5.52 Å². The number of aromatic carboxylic acids is 1. The highest BCUT2D eigenvalue weighted by Gasteiger charge is 2.15. The van der Waals surface area contributed by atoms with Crippen LogP contribution in [0.3, 0.4) is 0 Å². The zero-order chi connectivity index (χ0) is 15.0. The smallest absolute Gasteiger partial charge is 0.337 e. The molecule has 0 amide bonds. The van der Waals surface area contributed by atoms with Crippen LogP contribution in [0, 0.1) is 6.92 Å². The Morgan fingerprint density at radius 2 is 2.05 bits per heavy atom. The van der Waals surface area contributed by atoms with Gasteiger partial charge in [-0.2, -0.15) is 0 Å². The number of rotatable bonds is 4. The van der Waals surface area contributed by atoms with Crippen molar-refractivity contribution in [2.45, 2.75) is 26.8 Å². The highest BCUT2D eigenvalue weighted by molar-refractivity contribution is 7.11. The maximum absolute atomic E-state index is 11.3. The van der Waals surface area contributed by atoms with E-state index < -0.39 is 5.97 Å². The molecule has 5 heteroatoms. The summed E-state index contributed by atoms with van der Waals surface area (Å²) >= 11 is 1.79. The van der Waals surface area contributed by atoms with E-state index in [4.69, 9.17) is 0 Å². The van der Waals surface area contributed by atoms with Crippen LogP contribution in [-0.2, 0) is 13.0 Å². The Kier molecular flexibility index (Phi) is 3.51. The molecule has 0 saturated carbocycles. The molecule has 1 aromatic carbocycles. The number of nitrogens with zero attached hydrogens (tertiary/aromatic N) is 2. The van der Waals surface area contributed by atoms with Gasteiger partial charge in [0.25, 0.3) is 0 Å². The van der Waals surface area contributed by atoms with Crippen LogP contribution in [0.5, 0.6) is 0 Å². The summed E-state index contributed by atoms with van der Waals surface area (Å²) in [4.78, 5) is 18.4. The quantitative estimate of drug-likeness (QED) is 0.799. The molecule has 0 aliphatic carbocycles. The molecule has 3 aromatic rings. The number of carboxylic acids is 1. The zero-order valence-corrected chi connectivity index (χ0v) is 12.8.